The van der Waals surface area contributed by atoms with Crippen LogP contribution >= 0.6 is 11.6 Å². The van der Waals surface area contributed by atoms with Crippen molar-refractivity contribution < 1.29 is 18.7 Å². The number of para-hydroxylation sites is 1. The highest BCUT2D eigenvalue weighted by molar-refractivity contribution is 6.30. The maximum atomic E-state index is 13.9. The number of carbonyl (C=O) groups excluding carboxylic acids is 2. The second kappa shape index (κ2) is 11.3. The zero-order valence-corrected chi connectivity index (χ0v) is 18.4. The van der Waals surface area contributed by atoms with Crippen LogP contribution < -0.4 is 10.1 Å². The molecular weight excluding hydrogens is 431 g/mol. The second-order valence-corrected chi connectivity index (χ2v) is 7.63. The van der Waals surface area contributed by atoms with Crippen molar-refractivity contribution in [1.29, 1.82) is 0 Å². The number of rotatable bonds is 9. The first-order chi connectivity index (χ1) is 15.5. The number of hydrogen-bond acceptors (Lipinski definition) is 3. The number of carbonyl (C=O) groups is 2. The summed E-state index contributed by atoms with van der Waals surface area (Å²) in [6.45, 7) is -0.269. The summed E-state index contributed by atoms with van der Waals surface area (Å²) >= 11 is 6.12. The summed E-state index contributed by atoms with van der Waals surface area (Å²) in [6, 6.07) is 21.6. The van der Waals surface area contributed by atoms with E-state index in [1.807, 2.05) is 36.4 Å². The minimum atomic E-state index is -0.793. The Balaban J connectivity index is 1.88. The van der Waals surface area contributed by atoms with Gasteiger partial charge in [0.15, 0.2) is 18.2 Å². The molecule has 1 atom stereocenters. The quantitative estimate of drug-likeness (QED) is 0.526. The highest BCUT2D eigenvalue weighted by Gasteiger charge is 2.30. The van der Waals surface area contributed by atoms with Gasteiger partial charge in [-0.3, -0.25) is 9.59 Å². The molecule has 0 spiro atoms. The third-order valence-corrected chi connectivity index (χ3v) is 5.18. The van der Waals surface area contributed by atoms with E-state index >= 15 is 0 Å². The van der Waals surface area contributed by atoms with Crippen molar-refractivity contribution in [3.05, 3.63) is 101 Å². The Morgan fingerprint density at radius 1 is 1.00 bits per heavy atom. The van der Waals surface area contributed by atoms with Gasteiger partial charge in [0.05, 0.1) is 0 Å². The summed E-state index contributed by atoms with van der Waals surface area (Å²) in [5, 5.41) is 3.17. The fraction of sp³-hybridized carbons (Fsp3) is 0.200. The minimum Gasteiger partial charge on any atom is -0.481 e. The van der Waals surface area contributed by atoms with Crippen LogP contribution in [0.25, 0.3) is 0 Å². The van der Waals surface area contributed by atoms with Gasteiger partial charge < -0.3 is 15.0 Å². The van der Waals surface area contributed by atoms with Crippen LogP contribution in [0.1, 0.15) is 11.1 Å². The van der Waals surface area contributed by atoms with Crippen molar-refractivity contribution in [1.82, 2.24) is 10.2 Å². The zero-order valence-electron chi connectivity index (χ0n) is 17.6. The average molecular weight is 455 g/mol. The Morgan fingerprint density at radius 3 is 2.38 bits per heavy atom. The fourth-order valence-electron chi connectivity index (χ4n) is 3.34. The number of hydrogen-bond donors (Lipinski definition) is 1. The lowest BCUT2D eigenvalue weighted by molar-refractivity contribution is -0.142. The summed E-state index contributed by atoms with van der Waals surface area (Å²) in [7, 11) is 1.53. The van der Waals surface area contributed by atoms with Crippen molar-refractivity contribution in [3.63, 3.8) is 0 Å². The van der Waals surface area contributed by atoms with Gasteiger partial charge in [0.2, 0.25) is 5.91 Å². The topological polar surface area (TPSA) is 58.6 Å². The molecular formula is C25H24ClFN2O3. The van der Waals surface area contributed by atoms with Gasteiger partial charge in [-0.05, 0) is 35.4 Å². The number of likely N-dealkylation sites (N-methyl/N-ethyl adjacent to an activating group) is 1. The molecule has 0 unspecified atom stereocenters. The van der Waals surface area contributed by atoms with E-state index < -0.39 is 24.4 Å². The lowest BCUT2D eigenvalue weighted by Crippen LogP contribution is -2.51. The van der Waals surface area contributed by atoms with Crippen LogP contribution in [0.3, 0.4) is 0 Å². The van der Waals surface area contributed by atoms with Crippen LogP contribution in [0.5, 0.6) is 5.75 Å². The van der Waals surface area contributed by atoms with Crippen LogP contribution in [0, 0.1) is 5.82 Å². The number of nitrogens with one attached hydrogen (secondary N) is 1. The largest absolute Gasteiger partial charge is 0.481 e. The molecule has 5 nitrogen and oxygen atoms in total. The Labute approximate surface area is 191 Å². The molecule has 3 aromatic carbocycles. The van der Waals surface area contributed by atoms with Crippen molar-refractivity contribution in [2.45, 2.75) is 19.0 Å². The SMILES string of the molecule is CNC(=O)[C@H](Cc1ccccc1)N(Cc1cccc(Cl)c1)C(=O)COc1ccccc1F. The van der Waals surface area contributed by atoms with E-state index in [4.69, 9.17) is 16.3 Å². The van der Waals surface area contributed by atoms with E-state index in [1.54, 1.807) is 24.3 Å². The van der Waals surface area contributed by atoms with E-state index in [1.165, 1.54) is 30.1 Å². The third-order valence-electron chi connectivity index (χ3n) is 4.95. The Hall–Kier alpha value is -3.38. The number of amides is 2. The summed E-state index contributed by atoms with van der Waals surface area (Å²) in [5.74, 6) is -1.34. The molecule has 0 saturated carbocycles. The van der Waals surface area contributed by atoms with Gasteiger partial charge in [0.1, 0.15) is 6.04 Å². The smallest absolute Gasteiger partial charge is 0.261 e. The van der Waals surface area contributed by atoms with Gasteiger partial charge in [-0.15, -0.1) is 0 Å². The molecule has 166 valence electrons. The van der Waals surface area contributed by atoms with E-state index in [0.29, 0.717) is 11.4 Å². The fourth-order valence-corrected chi connectivity index (χ4v) is 3.55. The lowest BCUT2D eigenvalue weighted by Gasteiger charge is -2.31. The number of benzene rings is 3. The molecule has 0 radical (unpaired) electrons. The van der Waals surface area contributed by atoms with Crippen LogP contribution in [0.4, 0.5) is 4.39 Å². The molecule has 0 aliphatic heterocycles. The van der Waals surface area contributed by atoms with Crippen molar-refractivity contribution in [2.24, 2.45) is 0 Å². The monoisotopic (exact) mass is 454 g/mol. The maximum Gasteiger partial charge on any atom is 0.261 e. The van der Waals surface area contributed by atoms with Crippen LogP contribution in [0.2, 0.25) is 5.02 Å². The number of ether oxygens (including phenoxy) is 1. The van der Waals surface area contributed by atoms with Gasteiger partial charge in [-0.2, -0.15) is 0 Å². The average Bonchev–Trinajstić information content (AvgIpc) is 2.81. The predicted octanol–water partition coefficient (Wildman–Crippen LogP) is 4.24. The first kappa shape index (κ1) is 23.3. The number of halogens is 2. The zero-order chi connectivity index (χ0) is 22.9. The van der Waals surface area contributed by atoms with Gasteiger partial charge in [0, 0.05) is 25.0 Å². The molecule has 2 amide bonds. The molecule has 32 heavy (non-hydrogen) atoms. The molecule has 7 heteroatoms. The first-order valence-corrected chi connectivity index (χ1v) is 10.5. The van der Waals surface area contributed by atoms with Crippen LogP contribution in [0.15, 0.2) is 78.9 Å². The molecule has 0 bridgehead atoms. The third kappa shape index (κ3) is 6.31. The molecule has 0 aliphatic rings. The molecule has 1 N–H and O–H groups in total. The molecule has 0 heterocycles. The van der Waals surface area contributed by atoms with Gasteiger partial charge >= 0.3 is 0 Å². The van der Waals surface area contributed by atoms with Gasteiger partial charge in [-0.25, -0.2) is 4.39 Å². The first-order valence-electron chi connectivity index (χ1n) is 10.1. The van der Waals surface area contributed by atoms with E-state index in [0.717, 1.165) is 11.1 Å². The predicted molar refractivity (Wildman–Crippen MR) is 122 cm³/mol. The molecule has 3 rings (SSSR count). The second-order valence-electron chi connectivity index (χ2n) is 7.19. The van der Waals surface area contributed by atoms with Gasteiger partial charge in [0.25, 0.3) is 5.91 Å². The van der Waals surface area contributed by atoms with Crippen molar-refractivity contribution in [3.8, 4) is 5.75 Å². The maximum absolute atomic E-state index is 13.9. The highest BCUT2D eigenvalue weighted by atomic mass is 35.5. The van der Waals surface area contributed by atoms with E-state index in [-0.39, 0.29) is 18.2 Å². The van der Waals surface area contributed by atoms with Crippen LogP contribution in [-0.4, -0.2) is 36.4 Å². The summed E-state index contributed by atoms with van der Waals surface area (Å²) in [5.41, 5.74) is 1.67. The minimum absolute atomic E-state index is 0.0249. The molecule has 3 aromatic rings. The summed E-state index contributed by atoms with van der Waals surface area (Å²) in [6.07, 6.45) is 0.312. The molecule has 0 aromatic heterocycles. The van der Waals surface area contributed by atoms with Gasteiger partial charge in [-0.1, -0.05) is 66.2 Å². The summed E-state index contributed by atoms with van der Waals surface area (Å²) in [4.78, 5) is 27.5. The number of nitrogens with zero attached hydrogens (tertiary/aromatic N) is 1. The molecule has 0 fully saturated rings. The van der Waals surface area contributed by atoms with Crippen molar-refractivity contribution in [2.75, 3.05) is 13.7 Å². The van der Waals surface area contributed by atoms with E-state index in [9.17, 15) is 14.0 Å². The lowest BCUT2D eigenvalue weighted by atomic mass is 10.0. The van der Waals surface area contributed by atoms with Crippen LogP contribution in [-0.2, 0) is 22.6 Å². The van der Waals surface area contributed by atoms with E-state index in [2.05, 4.69) is 5.32 Å². The standard InChI is InChI=1S/C25H24ClFN2O3/c1-28-25(31)22(15-18-8-3-2-4-9-18)29(16-19-10-7-11-20(26)14-19)24(30)17-32-23-13-6-5-12-21(23)27/h2-14,22H,15-17H2,1H3,(H,28,31)/t22-/m0/s1. The Morgan fingerprint density at radius 2 is 1.69 bits per heavy atom. The summed E-state index contributed by atoms with van der Waals surface area (Å²) < 4.78 is 19.4. The molecule has 0 saturated heterocycles. The Bertz CT molecular complexity index is 1060. The van der Waals surface area contributed by atoms with Crippen molar-refractivity contribution >= 4 is 23.4 Å². The Kier molecular flexibility index (Phi) is 8.22. The highest BCUT2D eigenvalue weighted by Crippen LogP contribution is 2.19. The molecule has 0 aliphatic carbocycles. The normalized spacial score (nSPS) is 11.5.